The Morgan fingerprint density at radius 2 is 2.40 bits per heavy atom. The van der Waals surface area contributed by atoms with E-state index in [9.17, 15) is 0 Å². The minimum atomic E-state index is 1.16. The molecular weight excluding hydrogens is 120 g/mol. The highest BCUT2D eigenvalue weighted by Crippen LogP contribution is 2.10. The Morgan fingerprint density at radius 1 is 1.50 bits per heavy atom. The molecule has 0 aromatic heterocycles. The van der Waals surface area contributed by atoms with Crippen molar-refractivity contribution in [2.24, 2.45) is 0 Å². The van der Waals surface area contributed by atoms with Gasteiger partial charge in [-0.15, -0.1) is 5.73 Å². The van der Waals surface area contributed by atoms with Crippen LogP contribution in [0.5, 0.6) is 0 Å². The molecule has 1 aliphatic rings. The van der Waals surface area contributed by atoms with Crippen LogP contribution in [0.4, 0.5) is 0 Å². The zero-order chi connectivity index (χ0) is 7.23. The standard InChI is InChI=1S/C10H14/c1-2-7-10-8-5-3-4-6-9-10/h3,8-9H,2,4,6-7H2,1H3. The van der Waals surface area contributed by atoms with Gasteiger partial charge in [-0.2, -0.15) is 0 Å². The molecule has 10 heavy (non-hydrogen) atoms. The number of hydrogen-bond donors (Lipinski definition) is 0. The molecule has 1 rings (SSSR count). The number of hydrogen-bond acceptors (Lipinski definition) is 0. The summed E-state index contributed by atoms with van der Waals surface area (Å²) >= 11 is 0. The normalized spacial score (nSPS) is 16.7. The van der Waals surface area contributed by atoms with Crippen molar-refractivity contribution in [3.63, 3.8) is 0 Å². The smallest absolute Gasteiger partial charge is 0.0174 e. The molecule has 0 amide bonds. The maximum atomic E-state index is 3.16. The van der Waals surface area contributed by atoms with Crippen LogP contribution < -0.4 is 0 Å². The molecule has 54 valence electrons. The average molecular weight is 134 g/mol. The van der Waals surface area contributed by atoms with Gasteiger partial charge in [-0.05, 0) is 37.0 Å². The summed E-state index contributed by atoms with van der Waals surface area (Å²) in [4.78, 5) is 0. The van der Waals surface area contributed by atoms with Crippen LogP contribution in [0.2, 0.25) is 0 Å². The third-order valence-corrected chi connectivity index (χ3v) is 1.64. The third-order valence-electron chi connectivity index (χ3n) is 1.64. The minimum Gasteiger partial charge on any atom is -0.125 e. The fourth-order valence-electron chi connectivity index (χ4n) is 1.12. The van der Waals surface area contributed by atoms with Gasteiger partial charge in [0.1, 0.15) is 0 Å². The van der Waals surface area contributed by atoms with Crippen molar-refractivity contribution < 1.29 is 0 Å². The monoisotopic (exact) mass is 134 g/mol. The van der Waals surface area contributed by atoms with Crippen molar-refractivity contribution >= 4 is 0 Å². The second-order valence-electron chi connectivity index (χ2n) is 2.62. The Balaban J connectivity index is 2.56. The lowest BCUT2D eigenvalue weighted by atomic mass is 10.1. The third kappa shape index (κ3) is 2.24. The first kappa shape index (κ1) is 7.37. The van der Waals surface area contributed by atoms with E-state index in [1.807, 2.05) is 0 Å². The Bertz CT molecular complexity index is 178. The summed E-state index contributed by atoms with van der Waals surface area (Å²) in [5.41, 5.74) is 4.62. The van der Waals surface area contributed by atoms with Crippen molar-refractivity contribution in [3.8, 4) is 0 Å². The van der Waals surface area contributed by atoms with Crippen molar-refractivity contribution in [2.45, 2.75) is 32.6 Å². The maximum absolute atomic E-state index is 3.16. The first-order valence-electron chi connectivity index (χ1n) is 4.03. The zero-order valence-corrected chi connectivity index (χ0v) is 6.56. The Kier molecular flexibility index (Phi) is 3.05. The highest BCUT2D eigenvalue weighted by atomic mass is 14.0. The zero-order valence-electron chi connectivity index (χ0n) is 6.56. The molecule has 0 N–H and O–H groups in total. The van der Waals surface area contributed by atoms with Gasteiger partial charge in [-0.1, -0.05) is 19.4 Å². The van der Waals surface area contributed by atoms with Gasteiger partial charge in [-0.3, -0.25) is 0 Å². The molecule has 0 bridgehead atoms. The van der Waals surface area contributed by atoms with Crippen LogP contribution in [0.15, 0.2) is 29.5 Å². The lowest BCUT2D eigenvalue weighted by molar-refractivity contribution is 0.914. The summed E-state index contributed by atoms with van der Waals surface area (Å²) < 4.78 is 0. The largest absolute Gasteiger partial charge is 0.125 e. The van der Waals surface area contributed by atoms with Gasteiger partial charge < -0.3 is 0 Å². The van der Waals surface area contributed by atoms with E-state index in [4.69, 9.17) is 0 Å². The molecule has 0 spiro atoms. The van der Waals surface area contributed by atoms with Crippen molar-refractivity contribution in [1.82, 2.24) is 0 Å². The molecule has 0 saturated heterocycles. The summed E-state index contributed by atoms with van der Waals surface area (Å²) in [6.07, 6.45) is 11.3. The van der Waals surface area contributed by atoms with Crippen LogP contribution in [0.25, 0.3) is 0 Å². The Hall–Kier alpha value is -0.740. The summed E-state index contributed by atoms with van der Waals surface area (Å²) in [5.74, 6) is 0. The highest BCUT2D eigenvalue weighted by Gasteiger charge is 1.91. The van der Waals surface area contributed by atoms with Crippen LogP contribution in [0, 0.1) is 0 Å². The maximum Gasteiger partial charge on any atom is -0.0174 e. The molecule has 0 atom stereocenters. The molecule has 0 aromatic rings. The lowest BCUT2D eigenvalue weighted by Crippen LogP contribution is -1.75. The van der Waals surface area contributed by atoms with Crippen molar-refractivity contribution in [2.75, 3.05) is 0 Å². The predicted octanol–water partition coefficient (Wildman–Crippen LogP) is 3.22. The second-order valence-corrected chi connectivity index (χ2v) is 2.62. The molecule has 0 radical (unpaired) electrons. The van der Waals surface area contributed by atoms with Crippen molar-refractivity contribution in [1.29, 1.82) is 0 Å². The van der Waals surface area contributed by atoms with Crippen molar-refractivity contribution in [3.05, 3.63) is 29.5 Å². The van der Waals surface area contributed by atoms with E-state index < -0.39 is 0 Å². The highest BCUT2D eigenvalue weighted by molar-refractivity contribution is 5.20. The minimum absolute atomic E-state index is 1.16. The molecule has 0 aromatic carbocycles. The topological polar surface area (TPSA) is 0 Å². The SMILES string of the molecule is CCCC1=CCCC=C=C1. The van der Waals surface area contributed by atoms with Gasteiger partial charge in [0.15, 0.2) is 0 Å². The van der Waals surface area contributed by atoms with Gasteiger partial charge in [0.05, 0.1) is 0 Å². The Morgan fingerprint density at radius 3 is 3.20 bits per heavy atom. The lowest BCUT2D eigenvalue weighted by Gasteiger charge is -1.94. The van der Waals surface area contributed by atoms with Crippen LogP contribution >= 0.6 is 0 Å². The van der Waals surface area contributed by atoms with E-state index in [1.54, 1.807) is 0 Å². The quantitative estimate of drug-likeness (QED) is 0.509. The van der Waals surface area contributed by atoms with Crippen LogP contribution in [-0.2, 0) is 0 Å². The summed E-state index contributed by atoms with van der Waals surface area (Å²) in [6.45, 7) is 2.21. The number of allylic oxidation sites excluding steroid dienone is 3. The molecule has 0 heteroatoms. The Labute approximate surface area is 62.9 Å². The van der Waals surface area contributed by atoms with Gasteiger partial charge in [0.25, 0.3) is 0 Å². The molecule has 0 unspecified atom stereocenters. The van der Waals surface area contributed by atoms with Crippen LogP contribution in [0.3, 0.4) is 0 Å². The molecule has 0 heterocycles. The average Bonchev–Trinajstić information content (AvgIpc) is 2.17. The molecular formula is C10H14. The molecule has 0 aliphatic heterocycles. The molecule has 0 nitrogen and oxygen atoms in total. The van der Waals surface area contributed by atoms with Gasteiger partial charge in [0, 0.05) is 0 Å². The molecule has 0 saturated carbocycles. The summed E-state index contributed by atoms with van der Waals surface area (Å²) in [5, 5.41) is 0. The van der Waals surface area contributed by atoms with E-state index in [-0.39, 0.29) is 0 Å². The second kappa shape index (κ2) is 4.14. The summed E-state index contributed by atoms with van der Waals surface area (Å²) in [6, 6.07) is 0. The van der Waals surface area contributed by atoms with Crippen LogP contribution in [0.1, 0.15) is 32.6 Å². The van der Waals surface area contributed by atoms with Gasteiger partial charge in [-0.25, -0.2) is 0 Å². The van der Waals surface area contributed by atoms with Gasteiger partial charge in [0.2, 0.25) is 0 Å². The molecule has 0 fully saturated rings. The van der Waals surface area contributed by atoms with E-state index >= 15 is 0 Å². The van der Waals surface area contributed by atoms with E-state index in [1.165, 1.54) is 24.8 Å². The fourth-order valence-corrected chi connectivity index (χ4v) is 1.12. The van der Waals surface area contributed by atoms with E-state index in [0.717, 1.165) is 6.42 Å². The predicted molar refractivity (Wildman–Crippen MR) is 44.9 cm³/mol. The number of rotatable bonds is 2. The van der Waals surface area contributed by atoms with Gasteiger partial charge >= 0.3 is 0 Å². The fraction of sp³-hybridized carbons (Fsp3) is 0.500. The van der Waals surface area contributed by atoms with E-state index in [0.29, 0.717) is 0 Å². The summed E-state index contributed by atoms with van der Waals surface area (Å²) in [7, 11) is 0. The van der Waals surface area contributed by atoms with E-state index in [2.05, 4.69) is 30.9 Å². The molecule has 1 aliphatic carbocycles. The first-order valence-corrected chi connectivity index (χ1v) is 4.03. The van der Waals surface area contributed by atoms with Crippen LogP contribution in [-0.4, -0.2) is 0 Å². The first-order chi connectivity index (χ1) is 4.93.